The Bertz CT molecular complexity index is 853. The van der Waals surface area contributed by atoms with Crippen LogP contribution in [0.1, 0.15) is 12.5 Å². The summed E-state index contributed by atoms with van der Waals surface area (Å²) < 4.78 is 29.1. The van der Waals surface area contributed by atoms with Gasteiger partial charge in [0.1, 0.15) is 0 Å². The number of thioether (sulfide) groups is 1. The molecule has 1 aliphatic heterocycles. The molecular weight excluding hydrogens is 344 g/mol. The fourth-order valence-corrected chi connectivity index (χ4v) is 4.70. The maximum atomic E-state index is 12.1. The Hall–Kier alpha value is -1.70. The molecule has 1 unspecified atom stereocenters. The number of hydrogen-bond acceptors (Lipinski definition) is 6. The Morgan fingerprint density at radius 3 is 2.71 bits per heavy atom. The van der Waals surface area contributed by atoms with Gasteiger partial charge < -0.3 is 10.2 Å². The molecule has 0 spiro atoms. The van der Waals surface area contributed by atoms with Crippen LogP contribution in [0.25, 0.3) is 0 Å². The first-order chi connectivity index (χ1) is 11.4. The third-order valence-corrected chi connectivity index (χ3v) is 6.52. The zero-order valence-corrected chi connectivity index (χ0v) is 15.4. The first kappa shape index (κ1) is 17.1. The van der Waals surface area contributed by atoms with Gasteiger partial charge in [-0.1, -0.05) is 30.0 Å². The zero-order chi connectivity index (χ0) is 17.3. The predicted molar refractivity (Wildman–Crippen MR) is 98.1 cm³/mol. The highest BCUT2D eigenvalue weighted by Crippen LogP contribution is 2.42. The normalized spacial score (nSPS) is 17.0. The van der Waals surface area contributed by atoms with Gasteiger partial charge in [0.15, 0.2) is 5.50 Å². The number of aryl methyl sites for hydroxylation is 1. The average Bonchev–Trinajstić information content (AvgIpc) is 2.86. The van der Waals surface area contributed by atoms with Gasteiger partial charge in [0.05, 0.1) is 17.2 Å². The number of nitrogens with one attached hydrogen (secondary N) is 1. The van der Waals surface area contributed by atoms with Crippen molar-refractivity contribution in [1.82, 2.24) is 0 Å². The van der Waals surface area contributed by atoms with Crippen LogP contribution in [-0.4, -0.2) is 27.6 Å². The molecule has 1 aliphatic rings. The lowest BCUT2D eigenvalue weighted by atomic mass is 10.2. The Morgan fingerprint density at radius 1 is 1.25 bits per heavy atom. The van der Waals surface area contributed by atoms with Gasteiger partial charge in [0, 0.05) is 17.6 Å². The molecular formula is C17H20N2O3S2. The van der Waals surface area contributed by atoms with E-state index in [4.69, 9.17) is 4.18 Å². The Kier molecular flexibility index (Phi) is 4.76. The smallest absolute Gasteiger partial charge is 0.297 e. The van der Waals surface area contributed by atoms with Gasteiger partial charge in [-0.15, -0.1) is 0 Å². The molecule has 0 saturated heterocycles. The first-order valence-corrected chi connectivity index (χ1v) is 9.96. The molecule has 1 atom stereocenters. The second kappa shape index (κ2) is 6.66. The third-order valence-electron chi connectivity index (χ3n) is 3.89. The number of hydrogen-bond donors (Lipinski definition) is 1. The van der Waals surface area contributed by atoms with Crippen molar-refractivity contribution < 1.29 is 12.6 Å². The molecule has 0 radical (unpaired) electrons. The van der Waals surface area contributed by atoms with Gasteiger partial charge >= 0.3 is 0 Å². The van der Waals surface area contributed by atoms with Crippen LogP contribution in [0, 0.1) is 6.92 Å². The number of anilines is 2. The lowest BCUT2D eigenvalue weighted by Gasteiger charge is -2.24. The van der Waals surface area contributed by atoms with Crippen LogP contribution < -0.4 is 10.2 Å². The van der Waals surface area contributed by atoms with E-state index in [0.717, 1.165) is 16.9 Å². The number of nitrogens with zero attached hydrogens (tertiary/aromatic N) is 1. The molecule has 0 aliphatic carbocycles. The van der Waals surface area contributed by atoms with Crippen molar-refractivity contribution in [2.75, 3.05) is 23.9 Å². The van der Waals surface area contributed by atoms with E-state index >= 15 is 0 Å². The minimum Gasteiger partial charge on any atom is -0.356 e. The van der Waals surface area contributed by atoms with E-state index < -0.39 is 10.1 Å². The molecule has 0 amide bonds. The van der Waals surface area contributed by atoms with Crippen molar-refractivity contribution in [2.24, 2.45) is 0 Å². The molecule has 7 heteroatoms. The summed E-state index contributed by atoms with van der Waals surface area (Å²) in [5, 5.41) is 3.43. The molecule has 0 saturated carbocycles. The molecule has 128 valence electrons. The molecule has 0 fully saturated rings. The van der Waals surface area contributed by atoms with Crippen LogP contribution in [0.5, 0.6) is 0 Å². The summed E-state index contributed by atoms with van der Waals surface area (Å²) >= 11 is 1.71. The average molecular weight is 364 g/mol. The highest BCUT2D eigenvalue weighted by Gasteiger charge is 2.27. The van der Waals surface area contributed by atoms with Gasteiger partial charge in [-0.2, -0.15) is 8.42 Å². The summed E-state index contributed by atoms with van der Waals surface area (Å²) in [6.45, 7) is 3.73. The monoisotopic (exact) mass is 364 g/mol. The van der Waals surface area contributed by atoms with Crippen molar-refractivity contribution in [3.63, 3.8) is 0 Å². The Balaban J connectivity index is 1.86. The number of rotatable bonds is 5. The molecule has 2 aromatic rings. The number of fused-ring (bicyclic) bond motifs is 1. The third kappa shape index (κ3) is 3.24. The first-order valence-electron chi connectivity index (χ1n) is 7.67. The van der Waals surface area contributed by atoms with Crippen molar-refractivity contribution in [3.05, 3.63) is 48.0 Å². The Labute approximate surface area is 147 Å². The molecule has 1 heterocycles. The van der Waals surface area contributed by atoms with E-state index in [1.165, 1.54) is 4.90 Å². The lowest BCUT2D eigenvalue weighted by molar-refractivity contribution is 0.338. The molecule has 3 rings (SSSR count). The van der Waals surface area contributed by atoms with Crippen LogP contribution in [-0.2, 0) is 14.3 Å². The van der Waals surface area contributed by atoms with Crippen molar-refractivity contribution in [3.8, 4) is 0 Å². The van der Waals surface area contributed by atoms with E-state index in [2.05, 4.69) is 22.3 Å². The largest absolute Gasteiger partial charge is 0.356 e. The molecule has 0 bridgehead atoms. The van der Waals surface area contributed by atoms with Gasteiger partial charge in [-0.3, -0.25) is 4.18 Å². The minimum absolute atomic E-state index is 0.00569. The summed E-state index contributed by atoms with van der Waals surface area (Å²) in [4.78, 5) is 3.51. The Morgan fingerprint density at radius 2 is 2.00 bits per heavy atom. The van der Waals surface area contributed by atoms with Crippen LogP contribution in [0.3, 0.4) is 0 Å². The second-order valence-corrected chi connectivity index (χ2v) is 8.27. The fourth-order valence-electron chi connectivity index (χ4n) is 2.57. The summed E-state index contributed by atoms with van der Waals surface area (Å²) in [5.74, 6) is 0. The van der Waals surface area contributed by atoms with E-state index in [1.54, 1.807) is 36.9 Å². The molecule has 1 N–H and O–H groups in total. The SMILES string of the molecule is CCOS(=O)(=O)c1ccc(C)c(NC2Sc3ccccc3N2C)c1. The predicted octanol–water partition coefficient (Wildman–Crippen LogP) is 3.66. The number of benzene rings is 2. The van der Waals surface area contributed by atoms with E-state index in [1.807, 2.05) is 26.1 Å². The summed E-state index contributed by atoms with van der Waals surface area (Å²) in [6, 6.07) is 13.2. The highest BCUT2D eigenvalue weighted by molar-refractivity contribution is 8.00. The van der Waals surface area contributed by atoms with Crippen molar-refractivity contribution >= 4 is 33.3 Å². The lowest BCUT2D eigenvalue weighted by Crippen LogP contribution is -2.32. The second-order valence-electron chi connectivity index (χ2n) is 5.53. The maximum absolute atomic E-state index is 12.1. The summed E-state index contributed by atoms with van der Waals surface area (Å²) in [7, 11) is -1.69. The molecule has 2 aromatic carbocycles. The standard InChI is InChI=1S/C17H20N2O3S2/c1-4-22-24(20,21)13-10-9-12(2)14(11-13)18-17-19(3)15-7-5-6-8-16(15)23-17/h5-11,17-18H,4H2,1-3H3. The quantitative estimate of drug-likeness (QED) is 0.817. The molecule has 0 aromatic heterocycles. The molecule has 24 heavy (non-hydrogen) atoms. The van der Waals surface area contributed by atoms with Gasteiger partial charge in [-0.25, -0.2) is 0 Å². The van der Waals surface area contributed by atoms with Crippen LogP contribution >= 0.6 is 11.8 Å². The van der Waals surface area contributed by atoms with Crippen LogP contribution in [0.2, 0.25) is 0 Å². The van der Waals surface area contributed by atoms with Gasteiger partial charge in [0.2, 0.25) is 0 Å². The summed E-state index contributed by atoms with van der Waals surface area (Å²) in [5.41, 5.74) is 2.94. The highest BCUT2D eigenvalue weighted by atomic mass is 32.2. The van der Waals surface area contributed by atoms with E-state index in [9.17, 15) is 8.42 Å². The minimum atomic E-state index is -3.71. The van der Waals surface area contributed by atoms with Gasteiger partial charge in [-0.05, 0) is 43.7 Å². The van der Waals surface area contributed by atoms with Crippen molar-refractivity contribution in [1.29, 1.82) is 0 Å². The zero-order valence-electron chi connectivity index (χ0n) is 13.8. The van der Waals surface area contributed by atoms with E-state index in [-0.39, 0.29) is 17.0 Å². The van der Waals surface area contributed by atoms with E-state index in [0.29, 0.717) is 0 Å². The topological polar surface area (TPSA) is 58.6 Å². The number of para-hydroxylation sites is 1. The van der Waals surface area contributed by atoms with Crippen molar-refractivity contribution in [2.45, 2.75) is 29.1 Å². The molecule has 5 nitrogen and oxygen atoms in total. The summed E-state index contributed by atoms with van der Waals surface area (Å²) in [6.07, 6.45) is 0. The van der Waals surface area contributed by atoms with Crippen LogP contribution in [0.4, 0.5) is 11.4 Å². The fraction of sp³-hybridized carbons (Fsp3) is 0.294. The van der Waals surface area contributed by atoms with Crippen LogP contribution in [0.15, 0.2) is 52.3 Å². The maximum Gasteiger partial charge on any atom is 0.297 e. The van der Waals surface area contributed by atoms with Gasteiger partial charge in [0.25, 0.3) is 10.1 Å².